The molecule has 0 aliphatic rings. The first kappa shape index (κ1) is 17.4. The quantitative estimate of drug-likeness (QED) is 0.695. The number of nitrogens with one attached hydrogen (secondary N) is 1. The van der Waals surface area contributed by atoms with Crippen LogP contribution in [0.4, 0.5) is 4.39 Å². The lowest BCUT2D eigenvalue weighted by Gasteiger charge is -2.15. The molecule has 1 aromatic heterocycles. The van der Waals surface area contributed by atoms with Gasteiger partial charge < -0.3 is 5.32 Å². The van der Waals surface area contributed by atoms with E-state index in [-0.39, 0.29) is 11.6 Å². The number of hydrogen-bond acceptors (Lipinski definition) is 2. The maximum absolute atomic E-state index is 13.9. The van der Waals surface area contributed by atoms with Crippen LogP contribution in [-0.4, -0.2) is 15.7 Å². The number of nitrogens with zero attached hydrogens (tertiary/aromatic N) is 2. The molecule has 6 heteroatoms. The highest BCUT2D eigenvalue weighted by Crippen LogP contribution is 2.21. The topological polar surface area (TPSA) is 46.9 Å². The second-order valence-corrected chi connectivity index (χ2v) is 6.67. The van der Waals surface area contributed by atoms with Crippen molar-refractivity contribution < 1.29 is 9.18 Å². The molecule has 1 heterocycles. The molecule has 0 bridgehead atoms. The smallest absolute Gasteiger partial charge is 0.254 e. The third-order valence-electron chi connectivity index (χ3n) is 4.04. The summed E-state index contributed by atoms with van der Waals surface area (Å²) in [6.07, 6.45) is 1.73. The minimum Gasteiger partial charge on any atom is -0.345 e. The average Bonchev–Trinajstić information content (AvgIpc) is 2.99. The van der Waals surface area contributed by atoms with Crippen LogP contribution in [0.5, 0.6) is 0 Å². The molecular weight excluding hydrogens is 385 g/mol. The Hall–Kier alpha value is -2.47. The lowest BCUT2D eigenvalue weighted by atomic mass is 10.1. The van der Waals surface area contributed by atoms with Gasteiger partial charge in [0.05, 0.1) is 23.5 Å². The highest BCUT2D eigenvalue weighted by molar-refractivity contribution is 9.10. The Morgan fingerprint density at radius 1 is 1.24 bits per heavy atom. The maximum Gasteiger partial charge on any atom is 0.254 e. The number of rotatable bonds is 4. The van der Waals surface area contributed by atoms with Gasteiger partial charge in [-0.05, 0) is 44.2 Å². The van der Waals surface area contributed by atoms with Crippen LogP contribution in [0.2, 0.25) is 0 Å². The zero-order valence-electron chi connectivity index (χ0n) is 13.8. The third-order valence-corrected chi connectivity index (χ3v) is 4.53. The SMILES string of the molecule is Cc1c(C(C)NC(=O)c2cc(Br)ccc2F)cnn1-c1ccccc1. The number of halogens is 2. The van der Waals surface area contributed by atoms with Crippen molar-refractivity contribution in [1.29, 1.82) is 0 Å². The Bertz CT molecular complexity index is 908. The van der Waals surface area contributed by atoms with Crippen LogP contribution < -0.4 is 5.32 Å². The van der Waals surface area contributed by atoms with E-state index in [1.54, 1.807) is 12.3 Å². The molecule has 0 spiro atoms. The predicted octanol–water partition coefficient (Wildman–Crippen LogP) is 4.57. The summed E-state index contributed by atoms with van der Waals surface area (Å²) < 4.78 is 16.3. The molecular formula is C19H17BrFN3O. The van der Waals surface area contributed by atoms with Crippen molar-refractivity contribution in [2.45, 2.75) is 19.9 Å². The van der Waals surface area contributed by atoms with Crippen molar-refractivity contribution in [3.8, 4) is 5.69 Å². The molecule has 0 radical (unpaired) electrons. The van der Waals surface area contributed by atoms with Crippen molar-refractivity contribution in [3.63, 3.8) is 0 Å². The number of benzene rings is 2. The van der Waals surface area contributed by atoms with Gasteiger partial charge in [-0.3, -0.25) is 4.79 Å². The van der Waals surface area contributed by atoms with Crippen molar-refractivity contribution in [2.24, 2.45) is 0 Å². The zero-order valence-corrected chi connectivity index (χ0v) is 15.4. The van der Waals surface area contributed by atoms with Gasteiger partial charge in [-0.2, -0.15) is 5.10 Å². The van der Waals surface area contributed by atoms with Gasteiger partial charge in [0.1, 0.15) is 5.82 Å². The van der Waals surface area contributed by atoms with Gasteiger partial charge >= 0.3 is 0 Å². The lowest BCUT2D eigenvalue weighted by molar-refractivity contribution is 0.0935. The van der Waals surface area contributed by atoms with E-state index in [4.69, 9.17) is 0 Å². The van der Waals surface area contributed by atoms with Gasteiger partial charge in [-0.15, -0.1) is 0 Å². The van der Waals surface area contributed by atoms with Crippen LogP contribution in [-0.2, 0) is 0 Å². The average molecular weight is 402 g/mol. The summed E-state index contributed by atoms with van der Waals surface area (Å²) in [4.78, 5) is 12.4. The largest absolute Gasteiger partial charge is 0.345 e. The molecule has 1 atom stereocenters. The number of carbonyl (C=O) groups is 1. The van der Waals surface area contributed by atoms with E-state index in [1.807, 2.05) is 48.9 Å². The van der Waals surface area contributed by atoms with Gasteiger partial charge in [-0.1, -0.05) is 34.1 Å². The van der Waals surface area contributed by atoms with Gasteiger partial charge in [0.2, 0.25) is 0 Å². The zero-order chi connectivity index (χ0) is 18.0. The van der Waals surface area contributed by atoms with Crippen molar-refractivity contribution in [3.05, 3.63) is 81.8 Å². The first-order valence-electron chi connectivity index (χ1n) is 7.83. The minimum absolute atomic E-state index is 0.00864. The molecule has 2 aromatic carbocycles. The maximum atomic E-state index is 13.9. The van der Waals surface area contributed by atoms with E-state index in [0.29, 0.717) is 4.47 Å². The monoisotopic (exact) mass is 401 g/mol. The molecule has 0 aliphatic heterocycles. The van der Waals surface area contributed by atoms with E-state index in [1.165, 1.54) is 12.1 Å². The Labute approximate surface area is 153 Å². The number of hydrogen-bond donors (Lipinski definition) is 1. The molecule has 1 amide bonds. The summed E-state index contributed by atoms with van der Waals surface area (Å²) in [6.45, 7) is 3.80. The van der Waals surface area contributed by atoms with E-state index < -0.39 is 11.7 Å². The Kier molecular flexibility index (Phi) is 4.99. The van der Waals surface area contributed by atoms with Crippen LogP contribution in [0.3, 0.4) is 0 Å². The highest BCUT2D eigenvalue weighted by atomic mass is 79.9. The summed E-state index contributed by atoms with van der Waals surface area (Å²) in [5, 5.41) is 7.24. The number of aromatic nitrogens is 2. The molecule has 4 nitrogen and oxygen atoms in total. The van der Waals surface area contributed by atoms with Crippen LogP contribution in [0.1, 0.15) is 34.6 Å². The summed E-state index contributed by atoms with van der Waals surface area (Å²) >= 11 is 3.26. The highest BCUT2D eigenvalue weighted by Gasteiger charge is 2.19. The molecule has 3 aromatic rings. The summed E-state index contributed by atoms with van der Waals surface area (Å²) in [7, 11) is 0. The van der Waals surface area contributed by atoms with E-state index in [9.17, 15) is 9.18 Å². The van der Waals surface area contributed by atoms with Crippen LogP contribution >= 0.6 is 15.9 Å². The molecule has 1 N–H and O–H groups in total. The summed E-state index contributed by atoms with van der Waals surface area (Å²) in [6, 6.07) is 13.7. The molecule has 128 valence electrons. The minimum atomic E-state index is -0.551. The normalized spacial score (nSPS) is 12.0. The summed E-state index contributed by atoms with van der Waals surface area (Å²) in [5.41, 5.74) is 2.76. The van der Waals surface area contributed by atoms with E-state index in [0.717, 1.165) is 16.9 Å². The van der Waals surface area contributed by atoms with Crippen molar-refractivity contribution in [2.75, 3.05) is 0 Å². The molecule has 0 fully saturated rings. The lowest BCUT2D eigenvalue weighted by Crippen LogP contribution is -2.27. The first-order valence-corrected chi connectivity index (χ1v) is 8.62. The second kappa shape index (κ2) is 7.19. The van der Waals surface area contributed by atoms with E-state index in [2.05, 4.69) is 26.3 Å². The summed E-state index contributed by atoms with van der Waals surface area (Å²) in [5.74, 6) is -1.01. The van der Waals surface area contributed by atoms with Gasteiger partial charge in [0, 0.05) is 15.7 Å². The molecule has 25 heavy (non-hydrogen) atoms. The standard InChI is InChI=1S/C19H17BrFN3O/c1-12(23-19(25)16-10-14(20)8-9-18(16)21)17-11-22-24(13(17)2)15-6-4-3-5-7-15/h3-12H,1-2H3,(H,23,25). The number of carbonyl (C=O) groups excluding carboxylic acids is 1. The molecule has 0 saturated carbocycles. The second-order valence-electron chi connectivity index (χ2n) is 5.75. The molecule has 3 rings (SSSR count). The Morgan fingerprint density at radius 2 is 1.96 bits per heavy atom. The number of amides is 1. The third kappa shape index (κ3) is 3.64. The fraction of sp³-hybridized carbons (Fsp3) is 0.158. The van der Waals surface area contributed by atoms with Crippen LogP contribution in [0.25, 0.3) is 5.69 Å². The Morgan fingerprint density at radius 3 is 2.68 bits per heavy atom. The van der Waals surface area contributed by atoms with Gasteiger partial charge in [-0.25, -0.2) is 9.07 Å². The fourth-order valence-corrected chi connectivity index (χ4v) is 3.06. The van der Waals surface area contributed by atoms with Crippen molar-refractivity contribution in [1.82, 2.24) is 15.1 Å². The Balaban J connectivity index is 1.82. The van der Waals surface area contributed by atoms with Crippen LogP contribution in [0.15, 0.2) is 59.2 Å². The molecule has 1 unspecified atom stereocenters. The van der Waals surface area contributed by atoms with Gasteiger partial charge in [0.15, 0.2) is 0 Å². The predicted molar refractivity (Wildman–Crippen MR) is 98.3 cm³/mol. The fourth-order valence-electron chi connectivity index (χ4n) is 2.70. The van der Waals surface area contributed by atoms with E-state index >= 15 is 0 Å². The molecule has 0 saturated heterocycles. The first-order chi connectivity index (χ1) is 12.0. The molecule has 0 aliphatic carbocycles. The van der Waals surface area contributed by atoms with Gasteiger partial charge in [0.25, 0.3) is 5.91 Å². The van der Waals surface area contributed by atoms with Crippen molar-refractivity contribution >= 4 is 21.8 Å². The van der Waals surface area contributed by atoms with Crippen LogP contribution in [0, 0.1) is 12.7 Å². The number of para-hydroxylation sites is 1.